The number of nitrogens with zero attached hydrogens (tertiary/aromatic N) is 3. The first kappa shape index (κ1) is 28.3. The summed E-state index contributed by atoms with van der Waals surface area (Å²) >= 11 is 0. The van der Waals surface area contributed by atoms with Crippen LogP contribution in [0.1, 0.15) is 65.8 Å². The summed E-state index contributed by atoms with van der Waals surface area (Å²) in [5.74, 6) is -0.781. The predicted molar refractivity (Wildman–Crippen MR) is 159 cm³/mol. The van der Waals surface area contributed by atoms with E-state index in [0.717, 1.165) is 59.1 Å². The number of carbonyl (C=O) groups is 1. The third kappa shape index (κ3) is 5.90. The van der Waals surface area contributed by atoms with Crippen molar-refractivity contribution < 1.29 is 13.6 Å². The largest absolute Gasteiger partial charge is 0.363 e. The molecule has 1 amide bonds. The minimum absolute atomic E-state index is 0.0876. The molecular formula is C33H32F2N6O2. The Balaban J connectivity index is 1.56. The summed E-state index contributed by atoms with van der Waals surface area (Å²) < 4.78 is 31.3. The summed E-state index contributed by atoms with van der Waals surface area (Å²) in [6, 6.07) is 12.2. The number of allylic oxidation sites excluding steroid dienone is 1. The van der Waals surface area contributed by atoms with E-state index in [1.54, 1.807) is 18.5 Å². The van der Waals surface area contributed by atoms with Crippen LogP contribution in [0.3, 0.4) is 0 Å². The first-order chi connectivity index (χ1) is 20.9. The van der Waals surface area contributed by atoms with Gasteiger partial charge in [-0.15, -0.1) is 0 Å². The molecule has 3 N–H and O–H groups in total. The van der Waals surface area contributed by atoms with Gasteiger partial charge in [0.1, 0.15) is 34.5 Å². The molecule has 0 unspecified atom stereocenters. The molecule has 3 heterocycles. The lowest BCUT2D eigenvalue weighted by Gasteiger charge is -2.18. The number of fused-ring (bicyclic) bond motifs is 1. The van der Waals surface area contributed by atoms with Crippen molar-refractivity contribution in [3.05, 3.63) is 128 Å². The van der Waals surface area contributed by atoms with Gasteiger partial charge in [0.15, 0.2) is 0 Å². The summed E-state index contributed by atoms with van der Waals surface area (Å²) in [5.41, 5.74) is 2.05. The first-order valence-electron chi connectivity index (χ1n) is 14.5. The molecule has 1 aliphatic carbocycles. The molecule has 2 aliphatic rings. The zero-order chi connectivity index (χ0) is 29.9. The number of rotatable bonds is 7. The van der Waals surface area contributed by atoms with Gasteiger partial charge in [0.2, 0.25) is 0 Å². The fourth-order valence-corrected chi connectivity index (χ4v) is 5.83. The van der Waals surface area contributed by atoms with Gasteiger partial charge in [-0.1, -0.05) is 25.0 Å². The van der Waals surface area contributed by atoms with Crippen LogP contribution in [0.4, 0.5) is 8.78 Å². The fourth-order valence-electron chi connectivity index (χ4n) is 5.83. The minimum atomic E-state index is -0.884. The van der Waals surface area contributed by atoms with Crippen LogP contribution in [-0.2, 0) is 6.54 Å². The molecule has 1 fully saturated rings. The molecule has 6 rings (SSSR count). The lowest BCUT2D eigenvalue weighted by molar-refractivity contribution is 0.0938. The molecule has 43 heavy (non-hydrogen) atoms. The quantitative estimate of drug-likeness (QED) is 0.306. The number of pyridine rings is 1. The van der Waals surface area contributed by atoms with E-state index in [1.807, 2.05) is 31.2 Å². The summed E-state index contributed by atoms with van der Waals surface area (Å²) in [7, 11) is 0. The maximum Gasteiger partial charge on any atom is 0.256 e. The molecule has 0 atom stereocenters. The number of hydrogen-bond donors (Lipinski definition) is 3. The Morgan fingerprint density at radius 1 is 1.09 bits per heavy atom. The maximum atomic E-state index is 15.2. The molecule has 4 aromatic rings. The van der Waals surface area contributed by atoms with Gasteiger partial charge >= 0.3 is 0 Å². The van der Waals surface area contributed by atoms with Gasteiger partial charge in [-0.05, 0) is 85.7 Å². The molecule has 1 saturated carbocycles. The highest BCUT2D eigenvalue weighted by Crippen LogP contribution is 2.25. The van der Waals surface area contributed by atoms with Gasteiger partial charge in [0, 0.05) is 35.3 Å². The number of benzene rings is 2. The number of hydrogen-bond acceptors (Lipinski definition) is 5. The van der Waals surface area contributed by atoms with Crippen LogP contribution in [0.2, 0.25) is 0 Å². The fraction of sp³-hybridized carbons (Fsp3) is 0.273. The second-order valence-electron chi connectivity index (χ2n) is 10.9. The van der Waals surface area contributed by atoms with Gasteiger partial charge in [-0.3, -0.25) is 14.2 Å². The van der Waals surface area contributed by atoms with Crippen LogP contribution in [0.5, 0.6) is 0 Å². The molecule has 2 aromatic carbocycles. The smallest absolute Gasteiger partial charge is 0.256 e. The number of H-pyrrole nitrogens is 1. The van der Waals surface area contributed by atoms with E-state index in [4.69, 9.17) is 4.99 Å². The third-order valence-corrected chi connectivity index (χ3v) is 8.02. The van der Waals surface area contributed by atoms with Gasteiger partial charge < -0.3 is 15.6 Å². The van der Waals surface area contributed by atoms with Crippen molar-refractivity contribution >= 4 is 11.5 Å². The van der Waals surface area contributed by atoms with Gasteiger partial charge in [-0.2, -0.15) is 0 Å². The van der Waals surface area contributed by atoms with Crippen molar-refractivity contribution in [3.63, 3.8) is 0 Å². The number of aromatic amines is 1. The summed E-state index contributed by atoms with van der Waals surface area (Å²) in [4.78, 5) is 38.5. The van der Waals surface area contributed by atoms with E-state index >= 15 is 8.78 Å². The number of carbonyl (C=O) groups excluding carboxylic acids is 1. The SMILES string of the molecule is Cc1ccc(C(=O)NC2CCCC2)cc1\C1=c2/ccc(=O)n(-c3c(F)cccc3F)/c2=N/C(NCc2ncc[nH]2)=C\CC1. The summed E-state index contributed by atoms with van der Waals surface area (Å²) in [6.45, 7) is 2.28. The Kier molecular flexibility index (Phi) is 8.00. The van der Waals surface area contributed by atoms with Crippen molar-refractivity contribution in [1.82, 2.24) is 25.2 Å². The topological polar surface area (TPSA) is 104 Å². The molecule has 10 heteroatoms. The molecule has 2 aromatic heterocycles. The number of aryl methyl sites for hydroxylation is 1. The standard InChI is InChI=1S/C33H32F2N6O2/c1-20-12-13-21(33(43)39-22-6-2-3-7-22)18-25(20)23-8-4-11-28(38-19-29-36-16-17-37-29)40-32-24(23)14-15-30(42)41(32)31-26(34)9-5-10-27(31)35/h5,9-18,22,38H,2-4,6-8,19H2,1H3,(H,36,37)(H,39,43)/b24-23+,28-11-,40-32+. The predicted octanol–water partition coefficient (Wildman–Crippen LogP) is 4.06. The van der Waals surface area contributed by atoms with Gasteiger partial charge in [-0.25, -0.2) is 18.8 Å². The van der Waals surface area contributed by atoms with Crippen LogP contribution in [0, 0.1) is 18.6 Å². The van der Waals surface area contributed by atoms with Crippen LogP contribution < -0.4 is 26.9 Å². The molecule has 1 aliphatic heterocycles. The van der Waals surface area contributed by atoms with E-state index in [1.165, 1.54) is 12.1 Å². The number of imidazole rings is 1. The number of amides is 1. The first-order valence-corrected chi connectivity index (χ1v) is 14.5. The third-order valence-electron chi connectivity index (χ3n) is 8.02. The lowest BCUT2D eigenvalue weighted by atomic mass is 9.92. The Morgan fingerprint density at radius 2 is 1.88 bits per heavy atom. The zero-order valence-corrected chi connectivity index (χ0v) is 23.8. The lowest BCUT2D eigenvalue weighted by Crippen LogP contribution is -2.44. The monoisotopic (exact) mass is 582 g/mol. The minimum Gasteiger partial charge on any atom is -0.363 e. The number of halogens is 2. The number of aromatic nitrogens is 3. The van der Waals surface area contributed by atoms with E-state index < -0.39 is 22.9 Å². The molecule has 0 bridgehead atoms. The average molecular weight is 583 g/mol. The normalized spacial score (nSPS) is 18.5. The number of nitrogens with one attached hydrogen (secondary N) is 3. The van der Waals surface area contributed by atoms with E-state index in [0.29, 0.717) is 41.8 Å². The van der Waals surface area contributed by atoms with Crippen LogP contribution in [0.25, 0.3) is 11.3 Å². The van der Waals surface area contributed by atoms with Crippen LogP contribution >= 0.6 is 0 Å². The highest BCUT2D eigenvalue weighted by atomic mass is 19.1. The Bertz CT molecular complexity index is 1870. The van der Waals surface area contributed by atoms with Crippen LogP contribution in [-0.4, -0.2) is 26.5 Å². The molecule has 0 spiro atoms. The maximum absolute atomic E-state index is 15.2. The van der Waals surface area contributed by atoms with Crippen molar-refractivity contribution in [3.8, 4) is 5.69 Å². The molecule has 220 valence electrons. The van der Waals surface area contributed by atoms with Crippen molar-refractivity contribution in [1.29, 1.82) is 0 Å². The Hall–Kier alpha value is -4.86. The Morgan fingerprint density at radius 3 is 2.63 bits per heavy atom. The Labute approximate surface area is 246 Å². The van der Waals surface area contributed by atoms with E-state index in [2.05, 4.69) is 20.6 Å². The van der Waals surface area contributed by atoms with E-state index in [9.17, 15) is 9.59 Å². The molecule has 0 radical (unpaired) electrons. The van der Waals surface area contributed by atoms with Gasteiger partial charge in [0.25, 0.3) is 11.5 Å². The van der Waals surface area contributed by atoms with Crippen molar-refractivity contribution in [2.45, 2.75) is 58.0 Å². The second-order valence-corrected chi connectivity index (χ2v) is 10.9. The van der Waals surface area contributed by atoms with E-state index in [-0.39, 0.29) is 17.4 Å². The number of para-hydroxylation sites is 1. The highest BCUT2D eigenvalue weighted by Gasteiger charge is 2.21. The zero-order valence-electron chi connectivity index (χ0n) is 23.8. The highest BCUT2D eigenvalue weighted by molar-refractivity contribution is 5.95. The molecular weight excluding hydrogens is 550 g/mol. The second kappa shape index (κ2) is 12.2. The van der Waals surface area contributed by atoms with Crippen molar-refractivity contribution in [2.75, 3.05) is 0 Å². The van der Waals surface area contributed by atoms with Crippen molar-refractivity contribution in [2.24, 2.45) is 4.99 Å². The van der Waals surface area contributed by atoms with Crippen LogP contribution in [0.15, 0.2) is 82.6 Å². The summed E-state index contributed by atoms with van der Waals surface area (Å²) in [5, 5.41) is 6.91. The molecule has 8 nitrogen and oxygen atoms in total. The molecule has 0 saturated heterocycles. The average Bonchev–Trinajstić information content (AvgIpc) is 3.69. The summed E-state index contributed by atoms with van der Waals surface area (Å²) in [6.07, 6.45) is 10.5. The van der Waals surface area contributed by atoms with Gasteiger partial charge in [0.05, 0.1) is 6.54 Å².